The van der Waals surface area contributed by atoms with Gasteiger partial charge in [-0.1, -0.05) is 115 Å². The highest BCUT2D eigenvalue weighted by Gasteiger charge is 2.18. The minimum Gasteiger partial charge on any atom is -0.282 e. The Morgan fingerprint density at radius 2 is 1.17 bits per heavy atom. The van der Waals surface area contributed by atoms with E-state index < -0.39 is 31.3 Å². The molecule has 0 aliphatic carbocycles. The Kier molecular flexibility index (Phi) is 15.9. The van der Waals surface area contributed by atoms with Gasteiger partial charge in [-0.25, -0.2) is 0 Å². The molecule has 0 heterocycles. The second-order valence-electron chi connectivity index (χ2n) is 8.33. The predicted octanol–water partition coefficient (Wildman–Crippen LogP) is 8.22. The van der Waals surface area contributed by atoms with E-state index in [1.165, 1.54) is 96.0 Å². The lowest BCUT2D eigenvalue weighted by atomic mass is 10.0. The fourth-order valence-electron chi connectivity index (χ4n) is 3.90. The summed E-state index contributed by atoms with van der Waals surface area (Å²) in [5.41, 5.74) is 0.804. The van der Waals surface area contributed by atoms with E-state index in [2.05, 4.69) is 6.92 Å². The molecule has 0 bridgehead atoms. The molecule has 0 aliphatic heterocycles. The van der Waals surface area contributed by atoms with E-state index in [1.54, 1.807) is 6.07 Å². The average molecular weight is 553 g/mol. The summed E-state index contributed by atoms with van der Waals surface area (Å²) in [4.78, 5) is -0.181. The first kappa shape index (κ1) is 27.7. The molecular weight excluding hydrogens is 511 g/mol. The Hall–Kier alpha value is -0.340. The lowest BCUT2D eigenvalue weighted by Gasteiger charge is -2.08. The highest BCUT2D eigenvalue weighted by atomic mass is 127. The van der Waals surface area contributed by atoms with Crippen LogP contribution in [0, 0.1) is 3.57 Å². The molecule has 174 valence electrons. The Morgan fingerprint density at radius 1 is 0.733 bits per heavy atom. The van der Waals surface area contributed by atoms with Crippen LogP contribution in [0.25, 0.3) is 0 Å². The van der Waals surface area contributed by atoms with Crippen molar-refractivity contribution in [3.8, 4) is 0 Å². The van der Waals surface area contributed by atoms with Crippen LogP contribution < -0.4 is 0 Å². The highest BCUT2D eigenvalue weighted by Crippen LogP contribution is 2.26. The summed E-state index contributed by atoms with van der Waals surface area (Å²) < 4.78 is 44.0. The van der Waals surface area contributed by atoms with E-state index in [0.29, 0.717) is 3.57 Å². The standard InChI is InChI=1S/C24H41IO4S/c1-2-3-4-5-6-7-8-9-10-11-12-13-14-15-16-17-19-22-20-18-21-23(24(22)25-26)30(27,28)29/h18,20-21H,2-17,19H2,1H3,(H,27,28,29). The second-order valence-corrected chi connectivity index (χ2v) is 11.2. The lowest BCUT2D eigenvalue weighted by molar-refractivity contribution is 0.482. The maximum atomic E-state index is 11.5. The Bertz CT molecular complexity index is 688. The van der Waals surface area contributed by atoms with Crippen LogP contribution in [0.2, 0.25) is 0 Å². The van der Waals surface area contributed by atoms with Crippen molar-refractivity contribution in [2.24, 2.45) is 0 Å². The van der Waals surface area contributed by atoms with E-state index in [9.17, 15) is 16.0 Å². The van der Waals surface area contributed by atoms with Gasteiger partial charge in [0.25, 0.3) is 10.1 Å². The molecule has 0 fully saturated rings. The molecule has 0 radical (unpaired) electrons. The minimum absolute atomic E-state index is 0.181. The van der Waals surface area contributed by atoms with Gasteiger partial charge in [0.15, 0.2) is 21.2 Å². The highest BCUT2D eigenvalue weighted by molar-refractivity contribution is 14.1. The summed E-state index contributed by atoms with van der Waals surface area (Å²) >= 11 is -1.64. The maximum absolute atomic E-state index is 11.5. The Balaban J connectivity index is 2.03. The van der Waals surface area contributed by atoms with Gasteiger partial charge in [-0.3, -0.25) is 7.62 Å². The third-order valence-corrected chi connectivity index (χ3v) is 8.67. The summed E-state index contributed by atoms with van der Waals surface area (Å²) in [6.45, 7) is 2.27. The lowest BCUT2D eigenvalue weighted by Crippen LogP contribution is -2.04. The van der Waals surface area contributed by atoms with Gasteiger partial charge in [0.05, 0.1) is 3.57 Å². The summed E-state index contributed by atoms with van der Waals surface area (Å²) in [6, 6.07) is 4.78. The van der Waals surface area contributed by atoms with Gasteiger partial charge in [0.1, 0.15) is 4.90 Å². The minimum atomic E-state index is -4.30. The smallest absolute Gasteiger partial charge is 0.282 e. The van der Waals surface area contributed by atoms with Crippen molar-refractivity contribution in [2.45, 2.75) is 121 Å². The van der Waals surface area contributed by atoms with Gasteiger partial charge in [-0.05, 0) is 24.5 Å². The first-order chi connectivity index (χ1) is 14.5. The number of halogens is 1. The third kappa shape index (κ3) is 12.5. The summed E-state index contributed by atoms with van der Waals surface area (Å²) in [5.74, 6) is 0. The van der Waals surface area contributed by atoms with E-state index in [1.807, 2.05) is 6.07 Å². The monoisotopic (exact) mass is 552 g/mol. The van der Waals surface area contributed by atoms with Gasteiger partial charge in [0.2, 0.25) is 0 Å². The maximum Gasteiger partial charge on any atom is 0.295 e. The zero-order valence-electron chi connectivity index (χ0n) is 18.7. The zero-order valence-corrected chi connectivity index (χ0v) is 21.7. The predicted molar refractivity (Wildman–Crippen MR) is 133 cm³/mol. The number of unbranched alkanes of at least 4 members (excludes halogenated alkanes) is 15. The van der Waals surface area contributed by atoms with Gasteiger partial charge in [-0.15, -0.1) is 0 Å². The van der Waals surface area contributed by atoms with Crippen LogP contribution in [0.4, 0.5) is 0 Å². The number of hydrogen-bond acceptors (Lipinski definition) is 3. The van der Waals surface area contributed by atoms with Crippen LogP contribution >= 0.6 is 21.2 Å². The molecule has 0 unspecified atom stereocenters. The Morgan fingerprint density at radius 3 is 1.57 bits per heavy atom. The second kappa shape index (κ2) is 17.2. The van der Waals surface area contributed by atoms with Crippen molar-refractivity contribution in [1.29, 1.82) is 0 Å². The van der Waals surface area contributed by atoms with Crippen LogP contribution in [-0.4, -0.2) is 13.0 Å². The van der Waals surface area contributed by atoms with Crippen molar-refractivity contribution in [2.75, 3.05) is 0 Å². The zero-order chi connectivity index (χ0) is 22.1. The Labute approximate surface area is 195 Å². The fraction of sp³-hybridized carbons (Fsp3) is 0.750. The normalized spacial score (nSPS) is 11.8. The van der Waals surface area contributed by atoms with Crippen LogP contribution in [-0.2, 0) is 19.6 Å². The molecule has 6 heteroatoms. The number of rotatable bonds is 19. The molecule has 1 rings (SSSR count). The molecule has 0 atom stereocenters. The molecule has 4 nitrogen and oxygen atoms in total. The summed E-state index contributed by atoms with van der Waals surface area (Å²) in [7, 11) is -4.30. The summed E-state index contributed by atoms with van der Waals surface area (Å²) in [5, 5.41) is 0. The van der Waals surface area contributed by atoms with Gasteiger partial charge < -0.3 is 0 Å². The SMILES string of the molecule is CCCCCCCCCCCCCCCCCCc1cccc(S(=O)(=O)O)c1I=O. The fourth-order valence-corrected chi connectivity index (χ4v) is 6.68. The molecule has 1 aromatic carbocycles. The van der Waals surface area contributed by atoms with E-state index in [-0.39, 0.29) is 4.90 Å². The molecule has 0 aliphatic rings. The molecular formula is C24H41IO4S. The van der Waals surface area contributed by atoms with Crippen molar-refractivity contribution < 1.29 is 16.0 Å². The van der Waals surface area contributed by atoms with Crippen molar-refractivity contribution in [3.05, 3.63) is 27.3 Å². The van der Waals surface area contributed by atoms with Gasteiger partial charge >= 0.3 is 0 Å². The van der Waals surface area contributed by atoms with Crippen molar-refractivity contribution in [1.82, 2.24) is 0 Å². The largest absolute Gasteiger partial charge is 0.295 e. The van der Waals surface area contributed by atoms with Crippen molar-refractivity contribution in [3.63, 3.8) is 0 Å². The molecule has 30 heavy (non-hydrogen) atoms. The molecule has 0 saturated carbocycles. The number of benzene rings is 1. The molecule has 1 aromatic rings. The quantitative estimate of drug-likeness (QED) is 0.107. The molecule has 0 saturated heterocycles. The van der Waals surface area contributed by atoms with Gasteiger partial charge in [0, 0.05) is 0 Å². The number of hydrogen-bond donors (Lipinski definition) is 1. The molecule has 0 aromatic heterocycles. The topological polar surface area (TPSA) is 71.4 Å². The van der Waals surface area contributed by atoms with Crippen molar-refractivity contribution >= 4 is 31.3 Å². The molecule has 1 N–H and O–H groups in total. The molecule has 0 amide bonds. The van der Waals surface area contributed by atoms with Crippen LogP contribution in [0.15, 0.2) is 23.1 Å². The van der Waals surface area contributed by atoms with E-state index >= 15 is 0 Å². The third-order valence-electron chi connectivity index (χ3n) is 5.70. The first-order valence-corrected chi connectivity index (χ1v) is 15.3. The average Bonchev–Trinajstić information content (AvgIpc) is 2.72. The van der Waals surface area contributed by atoms with E-state index in [0.717, 1.165) is 24.8 Å². The first-order valence-electron chi connectivity index (χ1n) is 11.9. The van der Waals surface area contributed by atoms with Gasteiger partial charge in [-0.2, -0.15) is 8.42 Å². The van der Waals surface area contributed by atoms with E-state index in [4.69, 9.17) is 0 Å². The summed E-state index contributed by atoms with van der Waals surface area (Å²) in [6.07, 6.45) is 21.8. The van der Waals surface area contributed by atoms with Crippen LogP contribution in [0.1, 0.15) is 115 Å². The molecule has 0 spiro atoms. The van der Waals surface area contributed by atoms with Crippen LogP contribution in [0.3, 0.4) is 0 Å². The number of aryl methyl sites for hydroxylation is 1. The van der Waals surface area contributed by atoms with Crippen LogP contribution in [0.5, 0.6) is 0 Å².